The molecule has 1 aromatic carbocycles. The summed E-state index contributed by atoms with van der Waals surface area (Å²) < 4.78 is 0. The van der Waals surface area contributed by atoms with Crippen molar-refractivity contribution in [3.8, 4) is 0 Å². The maximum atomic E-state index is 2.74. The van der Waals surface area contributed by atoms with Crippen LogP contribution in [-0.4, -0.2) is 18.0 Å². The standard InChI is InChI=1S/C15H21N/c1-13-5-7-14(8-6-13)15(9-4-10-15)16-11-2-3-12-16/h5-8H,2-4,9-12H2,1H3. The Labute approximate surface area is 98.5 Å². The van der Waals surface area contributed by atoms with Gasteiger partial charge in [0.15, 0.2) is 0 Å². The third-order valence-electron chi connectivity index (χ3n) is 4.48. The van der Waals surface area contributed by atoms with E-state index in [4.69, 9.17) is 0 Å². The zero-order valence-electron chi connectivity index (χ0n) is 10.2. The van der Waals surface area contributed by atoms with Gasteiger partial charge in [0, 0.05) is 5.54 Å². The van der Waals surface area contributed by atoms with Crippen molar-refractivity contribution in [1.29, 1.82) is 0 Å². The van der Waals surface area contributed by atoms with Crippen molar-refractivity contribution in [2.24, 2.45) is 0 Å². The van der Waals surface area contributed by atoms with Crippen molar-refractivity contribution in [2.75, 3.05) is 13.1 Å². The van der Waals surface area contributed by atoms with Crippen molar-refractivity contribution in [2.45, 2.75) is 44.6 Å². The number of aryl methyl sites for hydroxylation is 1. The Hall–Kier alpha value is -0.820. The molecule has 1 heteroatoms. The molecule has 1 aromatic rings. The minimum atomic E-state index is 0.421. The van der Waals surface area contributed by atoms with Gasteiger partial charge in [-0.25, -0.2) is 0 Å². The number of hydrogen-bond acceptors (Lipinski definition) is 1. The van der Waals surface area contributed by atoms with Crippen LogP contribution in [0.3, 0.4) is 0 Å². The summed E-state index contributed by atoms with van der Waals surface area (Å²) in [7, 11) is 0. The van der Waals surface area contributed by atoms with Crippen molar-refractivity contribution >= 4 is 0 Å². The van der Waals surface area contributed by atoms with Crippen LogP contribution in [0.5, 0.6) is 0 Å². The van der Waals surface area contributed by atoms with Gasteiger partial charge in [-0.15, -0.1) is 0 Å². The molecule has 0 spiro atoms. The number of hydrogen-bond donors (Lipinski definition) is 0. The first kappa shape index (κ1) is 10.3. The van der Waals surface area contributed by atoms with Gasteiger partial charge >= 0.3 is 0 Å². The van der Waals surface area contributed by atoms with Gasteiger partial charge in [-0.3, -0.25) is 4.90 Å². The van der Waals surface area contributed by atoms with E-state index >= 15 is 0 Å². The van der Waals surface area contributed by atoms with Crippen molar-refractivity contribution in [1.82, 2.24) is 4.90 Å². The lowest BCUT2D eigenvalue weighted by Crippen LogP contribution is -2.49. The fraction of sp³-hybridized carbons (Fsp3) is 0.600. The van der Waals surface area contributed by atoms with E-state index in [1.807, 2.05) is 0 Å². The first-order valence-corrected chi connectivity index (χ1v) is 6.63. The van der Waals surface area contributed by atoms with Gasteiger partial charge in [0.05, 0.1) is 0 Å². The molecule has 1 nitrogen and oxygen atoms in total. The van der Waals surface area contributed by atoms with Crippen molar-refractivity contribution in [3.05, 3.63) is 35.4 Å². The van der Waals surface area contributed by atoms with Gasteiger partial charge in [-0.1, -0.05) is 29.8 Å². The molecule has 1 heterocycles. The lowest BCUT2D eigenvalue weighted by molar-refractivity contribution is 0.0324. The minimum Gasteiger partial charge on any atom is -0.294 e. The molecule has 2 fully saturated rings. The highest BCUT2D eigenvalue weighted by Crippen LogP contribution is 2.47. The van der Waals surface area contributed by atoms with Crippen LogP contribution < -0.4 is 0 Å². The fourth-order valence-electron chi connectivity index (χ4n) is 3.31. The first-order chi connectivity index (χ1) is 7.81. The monoisotopic (exact) mass is 215 g/mol. The fourth-order valence-corrected chi connectivity index (χ4v) is 3.31. The molecule has 1 aliphatic carbocycles. The second-order valence-electron chi connectivity index (χ2n) is 5.45. The van der Waals surface area contributed by atoms with Gasteiger partial charge in [-0.05, 0) is 57.7 Å². The van der Waals surface area contributed by atoms with Crippen LogP contribution in [-0.2, 0) is 5.54 Å². The Morgan fingerprint density at radius 3 is 2.06 bits per heavy atom. The predicted octanol–water partition coefficient (Wildman–Crippen LogP) is 3.47. The molecule has 0 bridgehead atoms. The van der Waals surface area contributed by atoms with Gasteiger partial charge in [0.1, 0.15) is 0 Å². The van der Waals surface area contributed by atoms with E-state index in [9.17, 15) is 0 Å². The average molecular weight is 215 g/mol. The van der Waals surface area contributed by atoms with E-state index in [2.05, 4.69) is 36.1 Å². The summed E-state index contributed by atoms with van der Waals surface area (Å²) in [5.41, 5.74) is 3.36. The molecule has 1 aliphatic heterocycles. The van der Waals surface area contributed by atoms with E-state index in [1.165, 1.54) is 50.8 Å². The summed E-state index contributed by atoms with van der Waals surface area (Å²) >= 11 is 0. The van der Waals surface area contributed by atoms with Gasteiger partial charge in [-0.2, -0.15) is 0 Å². The maximum Gasteiger partial charge on any atom is 0.0460 e. The molecular formula is C15H21N. The van der Waals surface area contributed by atoms with Gasteiger partial charge < -0.3 is 0 Å². The van der Waals surface area contributed by atoms with Crippen molar-refractivity contribution in [3.63, 3.8) is 0 Å². The van der Waals surface area contributed by atoms with E-state index in [0.29, 0.717) is 5.54 Å². The highest BCUT2D eigenvalue weighted by molar-refractivity contribution is 5.30. The molecular weight excluding hydrogens is 194 g/mol. The molecule has 1 saturated heterocycles. The van der Waals surface area contributed by atoms with Crippen LogP contribution in [0.25, 0.3) is 0 Å². The molecule has 1 saturated carbocycles. The van der Waals surface area contributed by atoms with Crippen LogP contribution in [0, 0.1) is 6.92 Å². The summed E-state index contributed by atoms with van der Waals surface area (Å²) in [4.78, 5) is 2.74. The zero-order valence-corrected chi connectivity index (χ0v) is 10.2. The summed E-state index contributed by atoms with van der Waals surface area (Å²) in [5, 5.41) is 0. The highest BCUT2D eigenvalue weighted by Gasteiger charge is 2.44. The Bertz CT molecular complexity index is 356. The van der Waals surface area contributed by atoms with Crippen LogP contribution in [0.15, 0.2) is 24.3 Å². The maximum absolute atomic E-state index is 2.74. The van der Waals surface area contributed by atoms with Crippen LogP contribution in [0.2, 0.25) is 0 Å². The zero-order chi connectivity index (χ0) is 11.0. The SMILES string of the molecule is Cc1ccc(C2(N3CCCC3)CCC2)cc1. The molecule has 0 unspecified atom stereocenters. The van der Waals surface area contributed by atoms with Crippen LogP contribution in [0.4, 0.5) is 0 Å². The van der Waals surface area contributed by atoms with Crippen LogP contribution >= 0.6 is 0 Å². The smallest absolute Gasteiger partial charge is 0.0460 e. The molecule has 0 N–H and O–H groups in total. The van der Waals surface area contributed by atoms with E-state index in [1.54, 1.807) is 5.56 Å². The molecule has 0 radical (unpaired) electrons. The van der Waals surface area contributed by atoms with Crippen LogP contribution in [0.1, 0.15) is 43.2 Å². The highest BCUT2D eigenvalue weighted by atomic mass is 15.2. The Morgan fingerprint density at radius 1 is 0.938 bits per heavy atom. The first-order valence-electron chi connectivity index (χ1n) is 6.63. The third-order valence-corrected chi connectivity index (χ3v) is 4.48. The predicted molar refractivity (Wildman–Crippen MR) is 67.5 cm³/mol. The number of nitrogens with zero attached hydrogens (tertiary/aromatic N) is 1. The number of benzene rings is 1. The number of rotatable bonds is 2. The minimum absolute atomic E-state index is 0.421. The van der Waals surface area contributed by atoms with E-state index in [-0.39, 0.29) is 0 Å². The summed E-state index contributed by atoms with van der Waals surface area (Å²) in [6, 6.07) is 9.25. The molecule has 0 atom stereocenters. The molecule has 0 aromatic heterocycles. The van der Waals surface area contributed by atoms with E-state index < -0.39 is 0 Å². The average Bonchev–Trinajstić information content (AvgIpc) is 2.73. The summed E-state index contributed by atoms with van der Waals surface area (Å²) in [6.07, 6.45) is 6.94. The van der Waals surface area contributed by atoms with Crippen molar-refractivity contribution < 1.29 is 0 Å². The second kappa shape index (κ2) is 3.89. The summed E-state index contributed by atoms with van der Waals surface area (Å²) in [5.74, 6) is 0. The topological polar surface area (TPSA) is 3.24 Å². The lowest BCUT2D eigenvalue weighted by atomic mass is 9.70. The Morgan fingerprint density at radius 2 is 1.56 bits per heavy atom. The quantitative estimate of drug-likeness (QED) is 0.730. The van der Waals surface area contributed by atoms with Gasteiger partial charge in [0.2, 0.25) is 0 Å². The molecule has 86 valence electrons. The molecule has 0 amide bonds. The van der Waals surface area contributed by atoms with Gasteiger partial charge in [0.25, 0.3) is 0 Å². The molecule has 16 heavy (non-hydrogen) atoms. The molecule has 2 aliphatic rings. The Balaban J connectivity index is 1.91. The third kappa shape index (κ3) is 1.49. The lowest BCUT2D eigenvalue weighted by Gasteiger charge is -2.49. The normalized spacial score (nSPS) is 24.3. The summed E-state index contributed by atoms with van der Waals surface area (Å²) in [6.45, 7) is 4.80. The second-order valence-corrected chi connectivity index (χ2v) is 5.45. The Kier molecular flexibility index (Phi) is 2.51. The number of likely N-dealkylation sites (tertiary alicyclic amines) is 1. The van der Waals surface area contributed by atoms with E-state index in [0.717, 1.165) is 0 Å². The molecule has 3 rings (SSSR count). The largest absolute Gasteiger partial charge is 0.294 e.